The van der Waals surface area contributed by atoms with E-state index in [-0.39, 0.29) is 25.9 Å². The van der Waals surface area contributed by atoms with E-state index in [2.05, 4.69) is 112 Å². The molecule has 0 saturated heterocycles. The molecule has 0 aliphatic heterocycles. The molecular weight excluding hydrogens is 880 g/mol. The summed E-state index contributed by atoms with van der Waals surface area (Å²) in [7, 11) is -4.77. The number of rotatable bonds is 46. The van der Waals surface area contributed by atoms with Gasteiger partial charge in [-0.3, -0.25) is 23.4 Å². The average molecular weight is 971 g/mol. The Balaban J connectivity index is 4.86. The minimum Gasteiger partial charge on any atom is -0.462 e. The first-order chi connectivity index (χ1) is 33.2. The second kappa shape index (κ2) is 49.6. The molecule has 68 heavy (non-hydrogen) atoms. The van der Waals surface area contributed by atoms with E-state index < -0.39 is 57.8 Å². The first-order valence-corrected chi connectivity index (χ1v) is 27.3. The molecule has 386 valence electrons. The van der Waals surface area contributed by atoms with Crippen LogP contribution in [0.3, 0.4) is 0 Å². The van der Waals surface area contributed by atoms with Crippen molar-refractivity contribution < 1.29 is 52.2 Å². The number of unbranched alkanes of at least 4 members (excludes halogenated alkanes) is 11. The monoisotopic (exact) mass is 971 g/mol. The number of ether oxygens (including phenoxy) is 3. The second-order valence-electron chi connectivity index (χ2n) is 16.6. The minimum atomic E-state index is -4.77. The summed E-state index contributed by atoms with van der Waals surface area (Å²) >= 11 is 0. The van der Waals surface area contributed by atoms with Gasteiger partial charge in [0, 0.05) is 19.3 Å². The molecule has 12 heteroatoms. The molecule has 3 unspecified atom stereocenters. The summed E-state index contributed by atoms with van der Waals surface area (Å²) in [5.41, 5.74) is 0. The summed E-state index contributed by atoms with van der Waals surface area (Å²) in [6.45, 7) is 4.22. The quantitative estimate of drug-likeness (QED) is 0.0197. The van der Waals surface area contributed by atoms with Gasteiger partial charge in [0.25, 0.3) is 0 Å². The van der Waals surface area contributed by atoms with Gasteiger partial charge < -0.3 is 24.2 Å². The highest BCUT2D eigenvalue weighted by Crippen LogP contribution is 2.43. The number of carbonyl (C=O) groups excluding carboxylic acids is 3. The normalized spacial score (nSPS) is 14.4. The highest BCUT2D eigenvalue weighted by atomic mass is 31.2. The van der Waals surface area contributed by atoms with Gasteiger partial charge in [0.2, 0.25) is 0 Å². The Morgan fingerprint density at radius 1 is 0.426 bits per heavy atom. The average Bonchev–Trinajstić information content (AvgIpc) is 3.32. The largest absolute Gasteiger partial charge is 0.472 e. The molecule has 0 aromatic carbocycles. The van der Waals surface area contributed by atoms with E-state index >= 15 is 0 Å². The first-order valence-electron chi connectivity index (χ1n) is 25.8. The number of allylic oxidation sites excluding steroid dienone is 18. The van der Waals surface area contributed by atoms with E-state index in [1.54, 1.807) is 0 Å². The lowest BCUT2D eigenvalue weighted by Gasteiger charge is -2.21. The molecule has 0 rings (SSSR count). The van der Waals surface area contributed by atoms with Crippen molar-refractivity contribution in [2.45, 2.75) is 200 Å². The van der Waals surface area contributed by atoms with Gasteiger partial charge in [-0.2, -0.15) is 0 Å². The van der Waals surface area contributed by atoms with Crippen LogP contribution in [0.1, 0.15) is 188 Å². The van der Waals surface area contributed by atoms with Gasteiger partial charge in [0.15, 0.2) is 6.10 Å². The van der Waals surface area contributed by atoms with Crippen LogP contribution in [0.25, 0.3) is 0 Å². The number of phosphoric ester groups is 1. The zero-order chi connectivity index (χ0) is 49.9. The van der Waals surface area contributed by atoms with Gasteiger partial charge in [-0.15, -0.1) is 0 Å². The summed E-state index contributed by atoms with van der Waals surface area (Å²) in [5.74, 6) is -1.61. The third-order valence-corrected chi connectivity index (χ3v) is 11.1. The van der Waals surface area contributed by atoms with Crippen molar-refractivity contribution >= 4 is 25.7 Å². The zero-order valence-electron chi connectivity index (χ0n) is 42.3. The van der Waals surface area contributed by atoms with Crippen LogP contribution in [0.2, 0.25) is 0 Å². The van der Waals surface area contributed by atoms with Crippen molar-refractivity contribution in [3.8, 4) is 0 Å². The minimum absolute atomic E-state index is 0.0485. The third kappa shape index (κ3) is 47.2. The summed E-state index contributed by atoms with van der Waals surface area (Å²) in [6.07, 6.45) is 57.9. The van der Waals surface area contributed by atoms with Crippen molar-refractivity contribution in [2.24, 2.45) is 0 Å². The lowest BCUT2D eigenvalue weighted by molar-refractivity contribution is -0.161. The molecule has 2 N–H and O–H groups in total. The maximum atomic E-state index is 12.8. The van der Waals surface area contributed by atoms with Crippen LogP contribution in [0, 0.1) is 0 Å². The number of aliphatic hydroxyl groups excluding tert-OH is 1. The number of hydrogen-bond donors (Lipinski definition) is 2. The fourth-order valence-corrected chi connectivity index (χ4v) is 7.06. The van der Waals surface area contributed by atoms with Crippen molar-refractivity contribution in [3.05, 3.63) is 109 Å². The Labute approximate surface area is 412 Å². The van der Waals surface area contributed by atoms with Crippen molar-refractivity contribution in [3.63, 3.8) is 0 Å². The molecule has 0 aliphatic rings. The lowest BCUT2D eigenvalue weighted by Crippen LogP contribution is -2.30. The Hall–Kier alpha value is -3.86. The fourth-order valence-electron chi connectivity index (χ4n) is 6.28. The molecule has 11 nitrogen and oxygen atoms in total. The maximum Gasteiger partial charge on any atom is 0.472 e. The van der Waals surface area contributed by atoms with Crippen LogP contribution in [-0.4, -0.2) is 66.5 Å². The van der Waals surface area contributed by atoms with E-state index in [0.29, 0.717) is 19.3 Å². The highest BCUT2D eigenvalue weighted by molar-refractivity contribution is 7.47. The molecule has 0 heterocycles. The first kappa shape index (κ1) is 64.1. The summed E-state index contributed by atoms with van der Waals surface area (Å²) in [5, 5.41) is 9.75. The molecule has 0 aromatic heterocycles. The van der Waals surface area contributed by atoms with Gasteiger partial charge in [0.1, 0.15) is 12.7 Å². The number of esters is 3. The zero-order valence-corrected chi connectivity index (χ0v) is 43.2. The van der Waals surface area contributed by atoms with Crippen LogP contribution < -0.4 is 0 Å². The molecule has 0 fully saturated rings. The van der Waals surface area contributed by atoms with Gasteiger partial charge in [-0.25, -0.2) is 4.57 Å². The molecule has 0 spiro atoms. The fraction of sp³-hybridized carbons (Fsp3) is 0.625. The Kier molecular flexibility index (Phi) is 46.7. The van der Waals surface area contributed by atoms with Crippen LogP contribution in [0.5, 0.6) is 0 Å². The molecule has 3 atom stereocenters. The molecule has 0 aromatic rings. The Bertz CT molecular complexity index is 1550. The summed E-state index contributed by atoms with van der Waals surface area (Å²) < 4.78 is 39.2. The van der Waals surface area contributed by atoms with E-state index in [1.807, 2.05) is 18.2 Å². The van der Waals surface area contributed by atoms with Crippen molar-refractivity contribution in [1.29, 1.82) is 0 Å². The van der Waals surface area contributed by atoms with E-state index in [4.69, 9.17) is 23.3 Å². The van der Waals surface area contributed by atoms with Crippen LogP contribution in [-0.2, 0) is 42.2 Å². The highest BCUT2D eigenvalue weighted by Gasteiger charge is 2.28. The topological polar surface area (TPSA) is 155 Å². The van der Waals surface area contributed by atoms with Gasteiger partial charge in [0.05, 0.1) is 19.8 Å². The summed E-state index contributed by atoms with van der Waals surface area (Å²) in [4.78, 5) is 48.2. The molecule has 0 bridgehead atoms. The predicted octanol–water partition coefficient (Wildman–Crippen LogP) is 14.7. The predicted molar refractivity (Wildman–Crippen MR) is 279 cm³/mol. The number of hydrogen-bond acceptors (Lipinski definition) is 10. The smallest absolute Gasteiger partial charge is 0.462 e. The lowest BCUT2D eigenvalue weighted by atomic mass is 10.1. The molecule has 0 aliphatic carbocycles. The molecule has 0 saturated carbocycles. The van der Waals surface area contributed by atoms with E-state index in [0.717, 1.165) is 116 Å². The van der Waals surface area contributed by atoms with Gasteiger partial charge in [-0.1, -0.05) is 175 Å². The van der Waals surface area contributed by atoms with Crippen molar-refractivity contribution in [2.75, 3.05) is 26.4 Å². The SMILES string of the molecule is CC/C=C\C/C=C\C/C=C\C/C=C\CCCCCCC(=O)OC(COC(=O)CCCCCCC/C=C\CCCC)COP(=O)(O)OCC(CO)OC(=O)CC/C=C\C/C=C\C/C=C\C/C=C\CC. The van der Waals surface area contributed by atoms with Crippen LogP contribution in [0.4, 0.5) is 0 Å². The Morgan fingerprint density at radius 3 is 1.28 bits per heavy atom. The standard InChI is InChI=1S/C56H91O11P/c1-4-7-10-13-16-19-22-24-25-26-27-29-32-35-38-41-44-47-56(60)67-53(49-63-54(58)45-42-39-36-33-30-21-18-15-12-9-6-3)51-65-68(61,62)64-50-52(48-57)66-55(59)46-43-40-37-34-31-28-23-20-17-14-11-8-5-2/h7-8,10-11,15-20,24-25,27-29,31,37,40,52-53,57H,4-6,9,12-14,21-23,26,30,32-36,38-39,41-51H2,1-3H3,(H,61,62)/b10-7-,11-8-,18-15-,19-16-,20-17-,25-24-,29-27-,31-28-,40-37-. The number of carbonyl (C=O) groups is 3. The van der Waals surface area contributed by atoms with E-state index in [1.165, 1.54) is 12.8 Å². The third-order valence-electron chi connectivity index (χ3n) is 10.2. The molecule has 0 amide bonds. The Morgan fingerprint density at radius 2 is 0.794 bits per heavy atom. The molecular formula is C56H91O11P. The van der Waals surface area contributed by atoms with Crippen molar-refractivity contribution in [1.82, 2.24) is 0 Å². The van der Waals surface area contributed by atoms with Crippen LogP contribution in [0.15, 0.2) is 109 Å². The molecule has 0 radical (unpaired) electrons. The van der Waals surface area contributed by atoms with Crippen LogP contribution >= 0.6 is 7.82 Å². The number of aliphatic hydroxyl groups is 1. The maximum absolute atomic E-state index is 12.8. The summed E-state index contributed by atoms with van der Waals surface area (Å²) in [6, 6.07) is 0. The van der Waals surface area contributed by atoms with E-state index in [9.17, 15) is 28.9 Å². The van der Waals surface area contributed by atoms with Gasteiger partial charge >= 0.3 is 25.7 Å². The number of phosphoric acid groups is 1. The second-order valence-corrected chi connectivity index (χ2v) is 18.0. The van der Waals surface area contributed by atoms with Gasteiger partial charge in [-0.05, 0) is 103 Å².